The van der Waals surface area contributed by atoms with Crippen LogP contribution in [0, 0.1) is 11.8 Å². The SMILES string of the molecule is CC(C)Oc1ccc(C(Cl)C(C)C(C)C)cc1. The lowest BCUT2D eigenvalue weighted by atomic mass is 9.90. The highest BCUT2D eigenvalue weighted by Crippen LogP contribution is 2.34. The zero-order chi connectivity index (χ0) is 13.0. The van der Waals surface area contributed by atoms with Gasteiger partial charge in [-0.25, -0.2) is 0 Å². The van der Waals surface area contributed by atoms with Crippen LogP contribution in [0.1, 0.15) is 45.6 Å². The summed E-state index contributed by atoms with van der Waals surface area (Å²) in [7, 11) is 0. The molecule has 0 N–H and O–H groups in total. The molecule has 0 aliphatic heterocycles. The molecule has 0 aliphatic rings. The van der Waals surface area contributed by atoms with Crippen molar-refractivity contribution in [3.63, 3.8) is 0 Å². The van der Waals surface area contributed by atoms with Gasteiger partial charge >= 0.3 is 0 Å². The molecule has 1 aromatic carbocycles. The number of halogens is 1. The Hall–Kier alpha value is -0.690. The number of rotatable bonds is 5. The van der Waals surface area contributed by atoms with Crippen LogP contribution < -0.4 is 4.74 Å². The predicted molar refractivity (Wildman–Crippen MR) is 74.8 cm³/mol. The average molecular weight is 255 g/mol. The molecule has 0 spiro atoms. The van der Waals surface area contributed by atoms with Crippen molar-refractivity contribution in [1.82, 2.24) is 0 Å². The highest BCUT2D eigenvalue weighted by Gasteiger charge is 2.19. The van der Waals surface area contributed by atoms with Crippen LogP contribution in [0.25, 0.3) is 0 Å². The van der Waals surface area contributed by atoms with E-state index in [9.17, 15) is 0 Å². The summed E-state index contributed by atoms with van der Waals surface area (Å²) in [6.07, 6.45) is 0.210. The first kappa shape index (κ1) is 14.4. The molecule has 1 aromatic rings. The first-order valence-electron chi connectivity index (χ1n) is 6.32. The maximum absolute atomic E-state index is 6.47. The molecule has 1 nitrogen and oxygen atoms in total. The van der Waals surface area contributed by atoms with Gasteiger partial charge < -0.3 is 4.74 Å². The van der Waals surface area contributed by atoms with Gasteiger partial charge in [0, 0.05) is 0 Å². The van der Waals surface area contributed by atoms with E-state index in [0.717, 1.165) is 5.75 Å². The number of alkyl halides is 1. The van der Waals surface area contributed by atoms with Gasteiger partial charge in [0.05, 0.1) is 11.5 Å². The molecule has 0 radical (unpaired) electrons. The monoisotopic (exact) mass is 254 g/mol. The summed E-state index contributed by atoms with van der Waals surface area (Å²) >= 11 is 6.47. The van der Waals surface area contributed by atoms with Crippen molar-refractivity contribution < 1.29 is 4.74 Å². The van der Waals surface area contributed by atoms with Crippen molar-refractivity contribution in [1.29, 1.82) is 0 Å². The Bertz CT molecular complexity index is 329. The van der Waals surface area contributed by atoms with Crippen LogP contribution >= 0.6 is 11.6 Å². The maximum Gasteiger partial charge on any atom is 0.119 e. The van der Waals surface area contributed by atoms with Gasteiger partial charge in [-0.15, -0.1) is 11.6 Å². The highest BCUT2D eigenvalue weighted by molar-refractivity contribution is 6.21. The normalized spacial score (nSPS) is 15.1. The van der Waals surface area contributed by atoms with E-state index in [2.05, 4.69) is 32.9 Å². The molecule has 0 saturated carbocycles. The molecule has 2 heteroatoms. The van der Waals surface area contributed by atoms with Gasteiger partial charge in [0.15, 0.2) is 0 Å². The fraction of sp³-hybridized carbons (Fsp3) is 0.600. The summed E-state index contributed by atoms with van der Waals surface area (Å²) in [6.45, 7) is 10.7. The Morgan fingerprint density at radius 2 is 1.47 bits per heavy atom. The Kier molecular flexibility index (Phi) is 5.32. The van der Waals surface area contributed by atoms with E-state index in [0.29, 0.717) is 11.8 Å². The van der Waals surface area contributed by atoms with Gasteiger partial charge in [0.2, 0.25) is 0 Å². The molecule has 0 fully saturated rings. The van der Waals surface area contributed by atoms with Crippen molar-refractivity contribution in [2.24, 2.45) is 11.8 Å². The minimum atomic E-state index is 0.0723. The van der Waals surface area contributed by atoms with E-state index in [1.54, 1.807) is 0 Å². The van der Waals surface area contributed by atoms with Gasteiger partial charge in [0.25, 0.3) is 0 Å². The van der Waals surface area contributed by atoms with E-state index >= 15 is 0 Å². The molecule has 2 atom stereocenters. The third kappa shape index (κ3) is 4.23. The lowest BCUT2D eigenvalue weighted by Crippen LogP contribution is -2.11. The summed E-state index contributed by atoms with van der Waals surface area (Å²) in [5, 5.41) is 0.0723. The minimum Gasteiger partial charge on any atom is -0.491 e. The van der Waals surface area contributed by atoms with Crippen LogP contribution in [0.5, 0.6) is 5.75 Å². The Morgan fingerprint density at radius 1 is 0.941 bits per heavy atom. The molecule has 0 aromatic heterocycles. The van der Waals surface area contributed by atoms with Crippen LogP contribution in [-0.4, -0.2) is 6.10 Å². The van der Waals surface area contributed by atoms with E-state index in [4.69, 9.17) is 16.3 Å². The zero-order valence-corrected chi connectivity index (χ0v) is 12.2. The molecular weight excluding hydrogens is 232 g/mol. The quantitative estimate of drug-likeness (QED) is 0.669. The van der Waals surface area contributed by atoms with Gasteiger partial charge in [-0.1, -0.05) is 32.9 Å². The Balaban J connectivity index is 2.73. The van der Waals surface area contributed by atoms with Crippen LogP contribution in [-0.2, 0) is 0 Å². The fourth-order valence-electron chi connectivity index (χ4n) is 1.64. The summed E-state index contributed by atoms with van der Waals surface area (Å²) in [5.41, 5.74) is 1.17. The molecule has 0 aliphatic carbocycles. The molecule has 0 saturated heterocycles. The van der Waals surface area contributed by atoms with E-state index in [1.165, 1.54) is 5.56 Å². The first-order valence-corrected chi connectivity index (χ1v) is 6.76. The summed E-state index contributed by atoms with van der Waals surface area (Å²) in [5.74, 6) is 1.96. The lowest BCUT2D eigenvalue weighted by Gasteiger charge is -2.22. The maximum atomic E-state index is 6.47. The molecule has 96 valence electrons. The van der Waals surface area contributed by atoms with Crippen molar-refractivity contribution in [3.8, 4) is 5.75 Å². The number of ether oxygens (including phenoxy) is 1. The van der Waals surface area contributed by atoms with E-state index < -0.39 is 0 Å². The zero-order valence-electron chi connectivity index (χ0n) is 11.4. The number of hydrogen-bond acceptors (Lipinski definition) is 1. The number of hydrogen-bond donors (Lipinski definition) is 0. The summed E-state index contributed by atoms with van der Waals surface area (Å²) in [4.78, 5) is 0. The van der Waals surface area contributed by atoms with Crippen molar-refractivity contribution in [3.05, 3.63) is 29.8 Å². The summed E-state index contributed by atoms with van der Waals surface area (Å²) in [6, 6.07) is 8.12. The third-order valence-corrected chi connectivity index (χ3v) is 3.73. The van der Waals surface area contributed by atoms with E-state index in [1.807, 2.05) is 26.0 Å². The van der Waals surface area contributed by atoms with Crippen LogP contribution in [0.3, 0.4) is 0 Å². The third-order valence-electron chi connectivity index (χ3n) is 3.08. The summed E-state index contributed by atoms with van der Waals surface area (Å²) < 4.78 is 5.61. The molecule has 0 amide bonds. The standard InChI is InChI=1S/C15H23ClO/c1-10(2)12(5)15(16)13-6-8-14(9-7-13)17-11(3)4/h6-12,15H,1-5H3. The molecule has 17 heavy (non-hydrogen) atoms. The lowest BCUT2D eigenvalue weighted by molar-refractivity contribution is 0.242. The largest absolute Gasteiger partial charge is 0.491 e. The first-order chi connectivity index (χ1) is 7.91. The predicted octanol–water partition coefficient (Wildman–Crippen LogP) is 5.05. The van der Waals surface area contributed by atoms with Crippen molar-refractivity contribution >= 4 is 11.6 Å². The second-order valence-corrected chi connectivity index (χ2v) is 5.71. The Morgan fingerprint density at radius 3 is 1.88 bits per heavy atom. The Labute approximate surface area is 110 Å². The van der Waals surface area contributed by atoms with Gasteiger partial charge in [-0.3, -0.25) is 0 Å². The van der Waals surface area contributed by atoms with Gasteiger partial charge in [0.1, 0.15) is 5.75 Å². The number of benzene rings is 1. The van der Waals surface area contributed by atoms with Gasteiger partial charge in [-0.2, -0.15) is 0 Å². The average Bonchev–Trinajstić information content (AvgIpc) is 2.27. The van der Waals surface area contributed by atoms with Crippen LogP contribution in [0.2, 0.25) is 0 Å². The fourth-order valence-corrected chi connectivity index (χ4v) is 2.08. The van der Waals surface area contributed by atoms with Gasteiger partial charge in [-0.05, 0) is 43.4 Å². The molecule has 0 bridgehead atoms. The van der Waals surface area contributed by atoms with Crippen LogP contribution in [0.4, 0.5) is 0 Å². The second kappa shape index (κ2) is 6.30. The second-order valence-electron chi connectivity index (χ2n) is 5.24. The van der Waals surface area contributed by atoms with Crippen molar-refractivity contribution in [2.45, 2.75) is 46.1 Å². The molecule has 0 heterocycles. The highest BCUT2D eigenvalue weighted by atomic mass is 35.5. The smallest absolute Gasteiger partial charge is 0.119 e. The minimum absolute atomic E-state index is 0.0723. The molecule has 1 rings (SSSR count). The van der Waals surface area contributed by atoms with Crippen LogP contribution in [0.15, 0.2) is 24.3 Å². The van der Waals surface area contributed by atoms with Crippen molar-refractivity contribution in [2.75, 3.05) is 0 Å². The topological polar surface area (TPSA) is 9.23 Å². The molecule has 2 unspecified atom stereocenters. The van der Waals surface area contributed by atoms with E-state index in [-0.39, 0.29) is 11.5 Å². The molecular formula is C15H23ClO.